The molecule has 11 rings (SSSR count). The van der Waals surface area contributed by atoms with Crippen molar-refractivity contribution in [3.05, 3.63) is 175 Å². The number of thiophene rings is 1. The maximum Gasteiger partial charge on any atom is 0.160 e. The van der Waals surface area contributed by atoms with Gasteiger partial charge in [0.2, 0.25) is 0 Å². The first kappa shape index (κ1) is 30.3. The van der Waals surface area contributed by atoms with Crippen LogP contribution in [0.2, 0.25) is 0 Å². The standard InChI is InChI=1S/C49H33N3S/c1-49(2)37-25-12-9-22-34(37)42-43-36-24-11-14-27-41(36)53-47(43)44-35-23-10-13-26-40(35)52(46(44)45(42)49)33-21-15-20-32(28-33)39-29-38(30-16-5-3-6-17-30)50-48(51-39)31-18-7-4-8-19-31/h3-29H,1-2H3. The highest BCUT2D eigenvalue weighted by molar-refractivity contribution is 7.27. The Hall–Kier alpha value is -6.36. The lowest BCUT2D eigenvalue weighted by molar-refractivity contribution is 0.664. The zero-order valence-corrected chi connectivity index (χ0v) is 30.2. The smallest absolute Gasteiger partial charge is 0.160 e. The largest absolute Gasteiger partial charge is 0.309 e. The molecule has 0 atom stereocenters. The van der Waals surface area contributed by atoms with Gasteiger partial charge in [0.05, 0.1) is 22.4 Å². The second kappa shape index (κ2) is 11.3. The molecule has 0 saturated heterocycles. The fraction of sp³-hybridized carbons (Fsp3) is 0.0612. The zero-order chi connectivity index (χ0) is 35.3. The number of para-hydroxylation sites is 1. The Morgan fingerprint density at radius 2 is 1.19 bits per heavy atom. The first-order valence-electron chi connectivity index (χ1n) is 18.2. The number of nitrogens with zero attached hydrogens (tertiary/aromatic N) is 3. The van der Waals surface area contributed by atoms with Gasteiger partial charge in [0.15, 0.2) is 5.82 Å². The van der Waals surface area contributed by atoms with Gasteiger partial charge in [-0.15, -0.1) is 11.3 Å². The molecule has 0 amide bonds. The van der Waals surface area contributed by atoms with Crippen LogP contribution in [-0.2, 0) is 5.41 Å². The van der Waals surface area contributed by atoms with Crippen molar-refractivity contribution in [2.75, 3.05) is 0 Å². The Morgan fingerprint density at radius 3 is 2.00 bits per heavy atom. The van der Waals surface area contributed by atoms with Crippen molar-refractivity contribution in [1.29, 1.82) is 0 Å². The molecule has 4 heteroatoms. The average molecular weight is 696 g/mol. The third kappa shape index (κ3) is 4.39. The third-order valence-corrected chi connectivity index (χ3v) is 12.3. The van der Waals surface area contributed by atoms with E-state index in [4.69, 9.17) is 9.97 Å². The van der Waals surface area contributed by atoms with E-state index in [0.29, 0.717) is 5.82 Å². The predicted molar refractivity (Wildman–Crippen MR) is 223 cm³/mol. The van der Waals surface area contributed by atoms with Crippen molar-refractivity contribution in [2.24, 2.45) is 0 Å². The van der Waals surface area contributed by atoms with E-state index in [1.165, 1.54) is 64.2 Å². The van der Waals surface area contributed by atoms with Gasteiger partial charge in [-0.3, -0.25) is 0 Å². The maximum absolute atomic E-state index is 5.20. The second-order valence-electron chi connectivity index (χ2n) is 14.5. The fourth-order valence-electron chi connectivity index (χ4n) is 8.82. The highest BCUT2D eigenvalue weighted by atomic mass is 32.1. The molecule has 0 radical (unpaired) electrons. The molecular weight excluding hydrogens is 663 g/mol. The van der Waals surface area contributed by atoms with Crippen LogP contribution >= 0.6 is 11.3 Å². The first-order chi connectivity index (χ1) is 26.1. The normalized spacial score (nSPS) is 13.2. The van der Waals surface area contributed by atoms with E-state index in [2.05, 4.69) is 158 Å². The number of hydrogen-bond acceptors (Lipinski definition) is 3. The molecule has 0 fully saturated rings. The van der Waals surface area contributed by atoms with Crippen LogP contribution in [0.15, 0.2) is 164 Å². The summed E-state index contributed by atoms with van der Waals surface area (Å²) in [5, 5.41) is 5.33. The van der Waals surface area contributed by atoms with Crippen molar-refractivity contribution in [3.8, 4) is 50.7 Å². The van der Waals surface area contributed by atoms with Crippen LogP contribution in [0, 0.1) is 0 Å². The Kier molecular flexibility index (Phi) is 6.47. The lowest BCUT2D eigenvalue weighted by Crippen LogP contribution is -2.16. The number of hydrogen-bond donors (Lipinski definition) is 0. The summed E-state index contributed by atoms with van der Waals surface area (Å²) < 4.78 is 5.21. The number of benzene rings is 7. The summed E-state index contributed by atoms with van der Waals surface area (Å²) in [6, 6.07) is 58.7. The summed E-state index contributed by atoms with van der Waals surface area (Å²) in [4.78, 5) is 10.3. The molecule has 3 nitrogen and oxygen atoms in total. The first-order valence-corrected chi connectivity index (χ1v) is 19.0. The summed E-state index contributed by atoms with van der Waals surface area (Å²) in [5.74, 6) is 0.716. The Labute approximate surface area is 311 Å². The molecule has 1 aliphatic rings. The molecule has 1 aliphatic carbocycles. The number of fused-ring (bicyclic) bond motifs is 12. The van der Waals surface area contributed by atoms with Crippen LogP contribution in [0.4, 0.5) is 0 Å². The van der Waals surface area contributed by atoms with Gasteiger partial charge in [0.1, 0.15) is 0 Å². The van der Waals surface area contributed by atoms with Crippen LogP contribution in [0.3, 0.4) is 0 Å². The molecule has 0 aliphatic heterocycles. The van der Waals surface area contributed by atoms with Crippen LogP contribution in [-0.4, -0.2) is 14.5 Å². The van der Waals surface area contributed by atoms with E-state index in [-0.39, 0.29) is 5.41 Å². The van der Waals surface area contributed by atoms with Gasteiger partial charge in [-0.2, -0.15) is 0 Å². The van der Waals surface area contributed by atoms with Crippen LogP contribution in [0.25, 0.3) is 92.7 Å². The molecule has 3 aromatic heterocycles. The summed E-state index contributed by atoms with van der Waals surface area (Å²) in [7, 11) is 0. The minimum Gasteiger partial charge on any atom is -0.309 e. The predicted octanol–water partition coefficient (Wildman–Crippen LogP) is 13.2. The van der Waals surface area contributed by atoms with Crippen molar-refractivity contribution in [1.82, 2.24) is 14.5 Å². The van der Waals surface area contributed by atoms with Gasteiger partial charge in [0.25, 0.3) is 0 Å². The monoisotopic (exact) mass is 695 g/mol. The van der Waals surface area contributed by atoms with E-state index < -0.39 is 0 Å². The van der Waals surface area contributed by atoms with Crippen molar-refractivity contribution in [3.63, 3.8) is 0 Å². The van der Waals surface area contributed by atoms with Crippen molar-refractivity contribution < 1.29 is 0 Å². The minimum atomic E-state index is -0.215. The zero-order valence-electron chi connectivity index (χ0n) is 29.3. The van der Waals surface area contributed by atoms with Gasteiger partial charge in [-0.25, -0.2) is 9.97 Å². The van der Waals surface area contributed by atoms with E-state index >= 15 is 0 Å². The molecule has 0 unspecified atom stereocenters. The Morgan fingerprint density at radius 1 is 0.547 bits per heavy atom. The summed E-state index contributed by atoms with van der Waals surface area (Å²) >= 11 is 1.92. The third-order valence-electron chi connectivity index (χ3n) is 11.2. The average Bonchev–Trinajstić information content (AvgIpc) is 3.84. The van der Waals surface area contributed by atoms with Crippen LogP contribution in [0.5, 0.6) is 0 Å². The van der Waals surface area contributed by atoms with E-state index in [9.17, 15) is 0 Å². The lowest BCUT2D eigenvalue weighted by atomic mass is 9.81. The van der Waals surface area contributed by atoms with Crippen LogP contribution in [0.1, 0.15) is 25.0 Å². The van der Waals surface area contributed by atoms with Crippen molar-refractivity contribution in [2.45, 2.75) is 19.3 Å². The van der Waals surface area contributed by atoms with Crippen LogP contribution < -0.4 is 0 Å². The number of aromatic nitrogens is 3. The molecule has 0 bridgehead atoms. The van der Waals surface area contributed by atoms with Gasteiger partial charge in [-0.05, 0) is 52.6 Å². The highest BCUT2D eigenvalue weighted by Gasteiger charge is 2.41. The molecular formula is C49H33N3S. The molecule has 0 N–H and O–H groups in total. The highest BCUT2D eigenvalue weighted by Crippen LogP contribution is 2.58. The molecule has 53 heavy (non-hydrogen) atoms. The molecule has 7 aromatic carbocycles. The molecule has 3 heterocycles. The van der Waals surface area contributed by atoms with E-state index in [1.807, 2.05) is 35.6 Å². The topological polar surface area (TPSA) is 30.7 Å². The minimum absolute atomic E-state index is 0.215. The second-order valence-corrected chi connectivity index (χ2v) is 15.6. The number of rotatable bonds is 4. The summed E-state index contributed by atoms with van der Waals surface area (Å²) in [6.07, 6.45) is 0. The Bertz CT molecular complexity index is 3020. The molecule has 0 spiro atoms. The SMILES string of the molecule is CC1(C)c2ccccc2-c2c1c1c(c3ccccc3n1-c1cccc(-c3cc(-c4ccccc4)nc(-c4ccccc4)n3)c1)c1sc3ccccc3c21. The Balaban J connectivity index is 1.23. The maximum atomic E-state index is 5.20. The van der Waals surface area contributed by atoms with Gasteiger partial charge in [-0.1, -0.05) is 147 Å². The van der Waals surface area contributed by atoms with Gasteiger partial charge >= 0.3 is 0 Å². The lowest BCUT2D eigenvalue weighted by Gasteiger charge is -2.24. The summed E-state index contributed by atoms with van der Waals surface area (Å²) in [6.45, 7) is 4.82. The van der Waals surface area contributed by atoms with Gasteiger partial charge in [0, 0.05) is 58.7 Å². The summed E-state index contributed by atoms with van der Waals surface area (Å²) in [5.41, 5.74) is 13.8. The van der Waals surface area contributed by atoms with E-state index in [1.54, 1.807) is 0 Å². The van der Waals surface area contributed by atoms with Crippen molar-refractivity contribution >= 4 is 53.3 Å². The quantitative estimate of drug-likeness (QED) is 0.183. The fourth-order valence-corrected chi connectivity index (χ4v) is 10.1. The van der Waals surface area contributed by atoms with E-state index in [0.717, 1.165) is 33.8 Å². The van der Waals surface area contributed by atoms with Gasteiger partial charge < -0.3 is 4.57 Å². The molecule has 10 aromatic rings. The molecule has 0 saturated carbocycles. The molecule has 250 valence electrons.